The standard InChI is InChI=1S/C11H26N2/c1-5-6-7-8-9-13(12)10-11(2,3)4/h5-10,12H2,1-4H3. The molecule has 0 saturated carbocycles. The first-order valence-corrected chi connectivity index (χ1v) is 5.45. The predicted molar refractivity (Wildman–Crippen MR) is 59.4 cm³/mol. The summed E-state index contributed by atoms with van der Waals surface area (Å²) in [5.74, 6) is 5.88. The fourth-order valence-corrected chi connectivity index (χ4v) is 1.43. The summed E-state index contributed by atoms with van der Waals surface area (Å²) >= 11 is 0. The van der Waals surface area contributed by atoms with Gasteiger partial charge in [0.05, 0.1) is 0 Å². The highest BCUT2D eigenvalue weighted by Crippen LogP contribution is 2.13. The van der Waals surface area contributed by atoms with E-state index in [1.54, 1.807) is 0 Å². The summed E-state index contributed by atoms with van der Waals surface area (Å²) in [5, 5.41) is 1.95. The van der Waals surface area contributed by atoms with Gasteiger partial charge in [0.15, 0.2) is 0 Å². The lowest BCUT2D eigenvalue weighted by atomic mass is 9.96. The van der Waals surface area contributed by atoms with Crippen LogP contribution in [0.2, 0.25) is 0 Å². The molecular formula is C11H26N2. The molecule has 0 aromatic rings. The summed E-state index contributed by atoms with van der Waals surface area (Å²) in [4.78, 5) is 0. The van der Waals surface area contributed by atoms with E-state index in [4.69, 9.17) is 5.84 Å². The van der Waals surface area contributed by atoms with Crippen LogP contribution in [0, 0.1) is 5.41 Å². The Labute approximate surface area is 83.5 Å². The second kappa shape index (κ2) is 6.39. The topological polar surface area (TPSA) is 29.3 Å². The van der Waals surface area contributed by atoms with Gasteiger partial charge >= 0.3 is 0 Å². The Morgan fingerprint density at radius 2 is 1.69 bits per heavy atom. The van der Waals surface area contributed by atoms with Crippen molar-refractivity contribution in [2.75, 3.05) is 13.1 Å². The molecule has 2 N–H and O–H groups in total. The lowest BCUT2D eigenvalue weighted by Crippen LogP contribution is -2.38. The maximum atomic E-state index is 5.88. The van der Waals surface area contributed by atoms with Gasteiger partial charge in [-0.2, -0.15) is 0 Å². The van der Waals surface area contributed by atoms with Crippen molar-refractivity contribution in [2.45, 2.75) is 53.4 Å². The van der Waals surface area contributed by atoms with E-state index in [9.17, 15) is 0 Å². The summed E-state index contributed by atoms with van der Waals surface area (Å²) in [6.45, 7) is 10.9. The average Bonchev–Trinajstić information content (AvgIpc) is 1.94. The van der Waals surface area contributed by atoms with E-state index in [0.29, 0.717) is 5.41 Å². The highest BCUT2D eigenvalue weighted by molar-refractivity contribution is 4.65. The van der Waals surface area contributed by atoms with E-state index in [1.807, 2.05) is 5.01 Å². The average molecular weight is 186 g/mol. The molecule has 0 aliphatic carbocycles. The maximum absolute atomic E-state index is 5.88. The van der Waals surface area contributed by atoms with Crippen LogP contribution in [0.4, 0.5) is 0 Å². The molecule has 0 spiro atoms. The largest absolute Gasteiger partial charge is 0.269 e. The van der Waals surface area contributed by atoms with Gasteiger partial charge in [0.1, 0.15) is 0 Å². The van der Waals surface area contributed by atoms with Gasteiger partial charge in [-0.05, 0) is 11.8 Å². The molecule has 2 heteroatoms. The van der Waals surface area contributed by atoms with E-state index in [1.165, 1.54) is 25.7 Å². The molecule has 0 atom stereocenters. The molecular weight excluding hydrogens is 160 g/mol. The predicted octanol–water partition coefficient (Wildman–Crippen LogP) is 2.79. The van der Waals surface area contributed by atoms with Gasteiger partial charge in [-0.15, -0.1) is 0 Å². The molecule has 0 aromatic heterocycles. The van der Waals surface area contributed by atoms with E-state index in [-0.39, 0.29) is 0 Å². The molecule has 0 radical (unpaired) electrons. The molecule has 0 unspecified atom stereocenters. The molecule has 0 heterocycles. The SMILES string of the molecule is CCCCCCN(N)CC(C)(C)C. The summed E-state index contributed by atoms with van der Waals surface area (Å²) in [6.07, 6.45) is 5.18. The Hall–Kier alpha value is -0.0800. The first-order valence-electron chi connectivity index (χ1n) is 5.45. The minimum absolute atomic E-state index is 0.319. The zero-order chi connectivity index (χ0) is 10.3. The van der Waals surface area contributed by atoms with E-state index < -0.39 is 0 Å². The van der Waals surface area contributed by atoms with Crippen molar-refractivity contribution in [3.8, 4) is 0 Å². The number of hydrazine groups is 1. The van der Waals surface area contributed by atoms with Crippen molar-refractivity contribution in [1.82, 2.24) is 5.01 Å². The first-order chi connectivity index (χ1) is 5.95. The lowest BCUT2D eigenvalue weighted by Gasteiger charge is -2.25. The minimum Gasteiger partial charge on any atom is -0.269 e. The van der Waals surface area contributed by atoms with Crippen LogP contribution < -0.4 is 5.84 Å². The molecule has 0 aromatic carbocycles. The van der Waals surface area contributed by atoms with Crippen LogP contribution in [0.3, 0.4) is 0 Å². The maximum Gasteiger partial charge on any atom is 0.0177 e. The van der Waals surface area contributed by atoms with Crippen molar-refractivity contribution in [3.05, 3.63) is 0 Å². The van der Waals surface area contributed by atoms with Gasteiger partial charge in [0.25, 0.3) is 0 Å². The van der Waals surface area contributed by atoms with Crippen LogP contribution >= 0.6 is 0 Å². The smallest absolute Gasteiger partial charge is 0.0177 e. The fourth-order valence-electron chi connectivity index (χ4n) is 1.43. The summed E-state index contributed by atoms with van der Waals surface area (Å²) in [6, 6.07) is 0. The van der Waals surface area contributed by atoms with E-state index in [0.717, 1.165) is 13.1 Å². The van der Waals surface area contributed by atoms with E-state index >= 15 is 0 Å². The Morgan fingerprint density at radius 1 is 1.08 bits per heavy atom. The summed E-state index contributed by atoms with van der Waals surface area (Å²) in [5.41, 5.74) is 0.319. The molecule has 0 bridgehead atoms. The molecule has 80 valence electrons. The minimum atomic E-state index is 0.319. The second-order valence-electron chi connectivity index (χ2n) is 5.09. The van der Waals surface area contributed by atoms with Gasteiger partial charge in [-0.25, -0.2) is 5.01 Å². The molecule has 0 amide bonds. The highest BCUT2D eigenvalue weighted by atomic mass is 15.4. The number of unbranched alkanes of at least 4 members (excludes halogenated alkanes) is 3. The van der Waals surface area contributed by atoms with Gasteiger partial charge in [0, 0.05) is 13.1 Å². The molecule has 0 saturated heterocycles. The molecule has 0 aliphatic rings. The number of hydrogen-bond donors (Lipinski definition) is 1. The van der Waals surface area contributed by atoms with Crippen molar-refractivity contribution in [2.24, 2.45) is 11.3 Å². The van der Waals surface area contributed by atoms with E-state index in [2.05, 4.69) is 27.7 Å². The molecule has 0 aliphatic heterocycles. The normalized spacial score (nSPS) is 12.5. The van der Waals surface area contributed by atoms with Gasteiger partial charge in [-0.1, -0.05) is 47.0 Å². The van der Waals surface area contributed by atoms with Crippen LogP contribution in [-0.4, -0.2) is 18.1 Å². The third-order valence-electron chi connectivity index (χ3n) is 1.98. The third-order valence-corrected chi connectivity index (χ3v) is 1.98. The van der Waals surface area contributed by atoms with Gasteiger partial charge in [0.2, 0.25) is 0 Å². The summed E-state index contributed by atoms with van der Waals surface area (Å²) in [7, 11) is 0. The third kappa shape index (κ3) is 9.84. The van der Waals surface area contributed by atoms with Crippen LogP contribution in [0.5, 0.6) is 0 Å². The molecule has 0 rings (SSSR count). The van der Waals surface area contributed by atoms with Crippen molar-refractivity contribution < 1.29 is 0 Å². The quantitative estimate of drug-likeness (QED) is 0.392. The van der Waals surface area contributed by atoms with Crippen molar-refractivity contribution in [1.29, 1.82) is 0 Å². The lowest BCUT2D eigenvalue weighted by molar-refractivity contribution is 0.191. The number of nitrogens with zero attached hydrogens (tertiary/aromatic N) is 1. The zero-order valence-corrected chi connectivity index (χ0v) is 9.77. The summed E-state index contributed by atoms with van der Waals surface area (Å²) < 4.78 is 0. The van der Waals surface area contributed by atoms with Gasteiger partial charge < -0.3 is 0 Å². The van der Waals surface area contributed by atoms with Crippen molar-refractivity contribution in [3.63, 3.8) is 0 Å². The van der Waals surface area contributed by atoms with Crippen LogP contribution in [0.1, 0.15) is 53.4 Å². The highest BCUT2D eigenvalue weighted by Gasteiger charge is 2.13. The number of hydrogen-bond acceptors (Lipinski definition) is 2. The van der Waals surface area contributed by atoms with Crippen LogP contribution in [0.15, 0.2) is 0 Å². The van der Waals surface area contributed by atoms with Crippen LogP contribution in [0.25, 0.3) is 0 Å². The van der Waals surface area contributed by atoms with Crippen molar-refractivity contribution >= 4 is 0 Å². The van der Waals surface area contributed by atoms with Gasteiger partial charge in [-0.3, -0.25) is 5.84 Å². The molecule has 13 heavy (non-hydrogen) atoms. The fraction of sp³-hybridized carbons (Fsp3) is 1.00. The first kappa shape index (κ1) is 12.9. The van der Waals surface area contributed by atoms with Crippen LogP contribution in [-0.2, 0) is 0 Å². The Kier molecular flexibility index (Phi) is 6.35. The second-order valence-corrected chi connectivity index (χ2v) is 5.09. The number of rotatable bonds is 6. The monoisotopic (exact) mass is 186 g/mol. The number of nitrogens with two attached hydrogens (primary N) is 1. The zero-order valence-electron chi connectivity index (χ0n) is 9.77. The molecule has 0 fully saturated rings. The Morgan fingerprint density at radius 3 is 2.15 bits per heavy atom. The Balaban J connectivity index is 3.35. The Bertz CT molecular complexity index is 116. The molecule has 2 nitrogen and oxygen atoms in total.